The Balaban J connectivity index is 2.94. The van der Waals surface area contributed by atoms with Crippen LogP contribution in [-0.2, 0) is 11.2 Å². The first-order chi connectivity index (χ1) is 6.50. The molecule has 0 bridgehead atoms. The number of hydrogen-bond donors (Lipinski definition) is 1. The minimum Gasteiger partial charge on any atom is -0.481 e. The van der Waals surface area contributed by atoms with Gasteiger partial charge in [-0.3, -0.25) is 9.78 Å². The van der Waals surface area contributed by atoms with Crippen molar-refractivity contribution in [3.63, 3.8) is 0 Å². The highest BCUT2D eigenvalue weighted by Gasteiger charge is 2.13. The summed E-state index contributed by atoms with van der Waals surface area (Å²) in [5.41, 5.74) is 0.00733. The molecule has 0 atom stereocenters. The average Bonchev–Trinajstić information content (AvgIpc) is 2.01. The molecule has 0 saturated carbocycles. The largest absolute Gasteiger partial charge is 0.481 e. The Morgan fingerprint density at radius 2 is 2.29 bits per heavy atom. The first-order valence-corrected chi connectivity index (χ1v) is 4.44. The molecule has 0 fully saturated rings. The molecule has 1 heterocycles. The third kappa shape index (κ3) is 2.73. The van der Waals surface area contributed by atoms with Gasteiger partial charge in [0.05, 0.1) is 17.7 Å². The lowest BCUT2D eigenvalue weighted by molar-refractivity contribution is -0.136. The predicted octanol–water partition coefficient (Wildman–Crippen LogP) is 2.41. The van der Waals surface area contributed by atoms with E-state index in [1.54, 1.807) is 0 Å². The highest BCUT2D eigenvalue weighted by atomic mass is 79.9. The number of rotatable bonds is 3. The van der Waals surface area contributed by atoms with Crippen molar-refractivity contribution in [2.45, 2.75) is 12.8 Å². The van der Waals surface area contributed by atoms with Gasteiger partial charge in [-0.1, -0.05) is 15.9 Å². The first kappa shape index (κ1) is 11.0. The first-order valence-electron chi connectivity index (χ1n) is 3.65. The summed E-state index contributed by atoms with van der Waals surface area (Å²) in [4.78, 5) is 13.9. The van der Waals surface area contributed by atoms with Crippen LogP contribution in [0.3, 0.4) is 0 Å². The SMILES string of the molecule is O=C(O)Cc1cc(Br)c(C(F)F)cn1. The summed E-state index contributed by atoms with van der Waals surface area (Å²) in [7, 11) is 0. The second-order valence-corrected chi connectivity index (χ2v) is 3.42. The van der Waals surface area contributed by atoms with Gasteiger partial charge in [-0.05, 0) is 6.07 Å². The van der Waals surface area contributed by atoms with Gasteiger partial charge >= 0.3 is 5.97 Å². The quantitative estimate of drug-likeness (QED) is 0.913. The molecular weight excluding hydrogens is 260 g/mol. The molecule has 1 aromatic rings. The van der Waals surface area contributed by atoms with Crippen LogP contribution in [0.5, 0.6) is 0 Å². The molecular formula is C8H6BrF2NO2. The van der Waals surface area contributed by atoms with Gasteiger partial charge in [0.25, 0.3) is 6.43 Å². The van der Waals surface area contributed by atoms with E-state index in [1.165, 1.54) is 6.07 Å². The standard InChI is InChI=1S/C8H6BrF2NO2/c9-6-1-4(2-7(13)14)12-3-5(6)8(10)11/h1,3,8H,2H2,(H,13,14). The molecule has 0 spiro atoms. The van der Waals surface area contributed by atoms with Crippen molar-refractivity contribution < 1.29 is 18.7 Å². The molecule has 1 rings (SSSR count). The van der Waals surface area contributed by atoms with Gasteiger partial charge in [0.15, 0.2) is 0 Å². The molecule has 3 nitrogen and oxygen atoms in total. The zero-order chi connectivity index (χ0) is 10.7. The summed E-state index contributed by atoms with van der Waals surface area (Å²) < 4.78 is 24.7. The molecule has 0 aliphatic carbocycles. The molecule has 1 aromatic heterocycles. The Kier molecular flexibility index (Phi) is 3.51. The van der Waals surface area contributed by atoms with Crippen LogP contribution in [0.1, 0.15) is 17.7 Å². The average molecular weight is 266 g/mol. The number of aliphatic carboxylic acids is 1. The van der Waals surface area contributed by atoms with Gasteiger partial charge in [0.2, 0.25) is 0 Å². The lowest BCUT2D eigenvalue weighted by Gasteiger charge is -2.03. The number of hydrogen-bond acceptors (Lipinski definition) is 2. The van der Waals surface area contributed by atoms with Gasteiger partial charge in [-0.15, -0.1) is 0 Å². The molecule has 0 radical (unpaired) electrons. The van der Waals surface area contributed by atoms with Crippen LogP contribution in [0.25, 0.3) is 0 Å². The van der Waals surface area contributed by atoms with Crippen LogP contribution < -0.4 is 0 Å². The molecule has 0 aliphatic heterocycles. The molecule has 6 heteroatoms. The Bertz CT molecular complexity index is 357. The molecule has 0 saturated heterocycles. The highest BCUT2D eigenvalue weighted by molar-refractivity contribution is 9.10. The maximum Gasteiger partial charge on any atom is 0.309 e. The van der Waals surface area contributed by atoms with Gasteiger partial charge in [-0.2, -0.15) is 0 Å². The molecule has 0 aliphatic rings. The summed E-state index contributed by atoms with van der Waals surface area (Å²) in [5.74, 6) is -1.05. The van der Waals surface area contributed by atoms with E-state index in [4.69, 9.17) is 5.11 Å². The van der Waals surface area contributed by atoms with Crippen LogP contribution in [0.2, 0.25) is 0 Å². The number of pyridine rings is 1. The van der Waals surface area contributed by atoms with E-state index >= 15 is 0 Å². The summed E-state index contributed by atoms with van der Waals surface area (Å²) in [5, 5.41) is 8.43. The molecule has 0 aromatic carbocycles. The van der Waals surface area contributed by atoms with Crippen molar-refractivity contribution in [2.24, 2.45) is 0 Å². The normalized spacial score (nSPS) is 10.6. The maximum atomic E-state index is 12.2. The third-order valence-electron chi connectivity index (χ3n) is 1.51. The van der Waals surface area contributed by atoms with E-state index in [1.807, 2.05) is 0 Å². The Morgan fingerprint density at radius 3 is 2.71 bits per heavy atom. The van der Waals surface area contributed by atoms with Crippen LogP contribution in [0.15, 0.2) is 16.7 Å². The Labute approximate surface area is 86.9 Å². The zero-order valence-corrected chi connectivity index (χ0v) is 8.46. The van der Waals surface area contributed by atoms with E-state index in [-0.39, 0.29) is 22.2 Å². The van der Waals surface area contributed by atoms with E-state index in [0.717, 1.165) is 6.20 Å². The van der Waals surface area contributed by atoms with Crippen molar-refractivity contribution in [3.05, 3.63) is 28.0 Å². The number of nitrogens with zero attached hydrogens (tertiary/aromatic N) is 1. The molecule has 0 amide bonds. The lowest BCUT2D eigenvalue weighted by atomic mass is 10.2. The third-order valence-corrected chi connectivity index (χ3v) is 2.19. The molecule has 14 heavy (non-hydrogen) atoms. The molecule has 1 N–H and O–H groups in total. The topological polar surface area (TPSA) is 50.2 Å². The van der Waals surface area contributed by atoms with E-state index < -0.39 is 12.4 Å². The molecule has 76 valence electrons. The number of carbonyl (C=O) groups is 1. The second-order valence-electron chi connectivity index (χ2n) is 2.57. The van der Waals surface area contributed by atoms with Gasteiger partial charge in [0.1, 0.15) is 0 Å². The number of alkyl halides is 2. The fourth-order valence-electron chi connectivity index (χ4n) is 0.893. The van der Waals surface area contributed by atoms with Gasteiger partial charge in [0, 0.05) is 10.7 Å². The second kappa shape index (κ2) is 4.45. The minimum absolute atomic E-state index is 0.179. The molecule has 0 unspecified atom stereocenters. The maximum absolute atomic E-state index is 12.2. The van der Waals surface area contributed by atoms with Gasteiger partial charge in [-0.25, -0.2) is 8.78 Å². The number of carboxylic acid groups (broad SMARTS) is 1. The number of halogens is 3. The Morgan fingerprint density at radius 1 is 1.64 bits per heavy atom. The predicted molar refractivity (Wildman–Crippen MR) is 48.2 cm³/mol. The fourth-order valence-corrected chi connectivity index (χ4v) is 1.43. The summed E-state index contributed by atoms with van der Waals surface area (Å²) in [6, 6.07) is 1.29. The minimum atomic E-state index is -2.62. The Hall–Kier alpha value is -1.04. The summed E-state index contributed by atoms with van der Waals surface area (Å²) in [6.45, 7) is 0. The zero-order valence-electron chi connectivity index (χ0n) is 6.88. The van der Waals surface area contributed by atoms with E-state index in [2.05, 4.69) is 20.9 Å². The van der Waals surface area contributed by atoms with Crippen molar-refractivity contribution in [1.82, 2.24) is 4.98 Å². The van der Waals surface area contributed by atoms with Crippen molar-refractivity contribution in [1.29, 1.82) is 0 Å². The van der Waals surface area contributed by atoms with Crippen molar-refractivity contribution in [2.75, 3.05) is 0 Å². The number of carboxylic acids is 1. The smallest absolute Gasteiger partial charge is 0.309 e. The van der Waals surface area contributed by atoms with E-state index in [9.17, 15) is 13.6 Å². The summed E-state index contributed by atoms with van der Waals surface area (Å²) >= 11 is 2.92. The van der Waals surface area contributed by atoms with E-state index in [0.29, 0.717) is 0 Å². The monoisotopic (exact) mass is 265 g/mol. The van der Waals surface area contributed by atoms with Crippen LogP contribution in [-0.4, -0.2) is 16.1 Å². The summed E-state index contributed by atoms with van der Waals surface area (Å²) in [6.07, 6.45) is -1.91. The van der Waals surface area contributed by atoms with Crippen molar-refractivity contribution >= 4 is 21.9 Å². The number of aromatic nitrogens is 1. The van der Waals surface area contributed by atoms with Gasteiger partial charge < -0.3 is 5.11 Å². The fraction of sp³-hybridized carbons (Fsp3) is 0.250. The van der Waals surface area contributed by atoms with Crippen LogP contribution in [0.4, 0.5) is 8.78 Å². The van der Waals surface area contributed by atoms with Crippen LogP contribution >= 0.6 is 15.9 Å². The van der Waals surface area contributed by atoms with Crippen molar-refractivity contribution in [3.8, 4) is 0 Å². The lowest BCUT2D eigenvalue weighted by Crippen LogP contribution is -2.03. The van der Waals surface area contributed by atoms with Crippen LogP contribution in [0, 0.1) is 0 Å². The highest BCUT2D eigenvalue weighted by Crippen LogP contribution is 2.26.